The van der Waals surface area contributed by atoms with E-state index < -0.39 is 0 Å². The first-order valence-corrected chi connectivity index (χ1v) is 9.20. The second kappa shape index (κ2) is 9.87. The van der Waals surface area contributed by atoms with Gasteiger partial charge < -0.3 is 10.6 Å². The summed E-state index contributed by atoms with van der Waals surface area (Å²) in [5, 5.41) is 11.7. The number of nitrogens with one attached hydrogen (secondary N) is 2. The summed E-state index contributed by atoms with van der Waals surface area (Å²) >= 11 is 0. The van der Waals surface area contributed by atoms with Gasteiger partial charge in [0.15, 0.2) is 5.65 Å². The topological polar surface area (TPSA) is 71.8 Å². The van der Waals surface area contributed by atoms with Gasteiger partial charge in [0.2, 0.25) is 0 Å². The number of piperidine rings is 1. The molecule has 0 radical (unpaired) electrons. The van der Waals surface area contributed by atoms with E-state index in [4.69, 9.17) is 4.98 Å². The van der Waals surface area contributed by atoms with Gasteiger partial charge in [-0.3, -0.25) is 4.79 Å². The maximum absolute atomic E-state index is 13.0. The highest BCUT2D eigenvalue weighted by molar-refractivity contribution is 6.06. The number of pyridine rings is 1. The molecule has 8 heteroatoms. The van der Waals surface area contributed by atoms with Crippen LogP contribution in [0.1, 0.15) is 30.1 Å². The lowest BCUT2D eigenvalue weighted by molar-refractivity contribution is 0.0932. The Hall–Kier alpha value is -2.15. The number of amides is 1. The van der Waals surface area contributed by atoms with Crippen LogP contribution in [0.4, 0.5) is 0 Å². The predicted molar refractivity (Wildman–Crippen MR) is 116 cm³/mol. The normalized spacial score (nSPS) is 16.1. The van der Waals surface area contributed by atoms with E-state index in [1.165, 1.54) is 0 Å². The Morgan fingerprint density at radius 2 is 2.07 bits per heavy atom. The molecule has 1 saturated heterocycles. The Bertz CT molecular complexity index is 923. The van der Waals surface area contributed by atoms with Crippen LogP contribution in [-0.2, 0) is 6.54 Å². The van der Waals surface area contributed by atoms with Gasteiger partial charge in [-0.15, -0.1) is 24.8 Å². The van der Waals surface area contributed by atoms with Crippen LogP contribution in [0.2, 0.25) is 0 Å². The first-order chi connectivity index (χ1) is 12.8. The molecule has 0 spiro atoms. The molecule has 0 aliphatic carbocycles. The maximum Gasteiger partial charge on any atom is 0.252 e. The molecule has 0 saturated carbocycles. The zero-order valence-electron chi connectivity index (χ0n) is 15.7. The van der Waals surface area contributed by atoms with Crippen LogP contribution in [0.3, 0.4) is 0 Å². The lowest BCUT2D eigenvalue weighted by Gasteiger charge is -2.24. The largest absolute Gasteiger partial charge is 0.348 e. The Morgan fingerprint density at radius 1 is 1.29 bits per heavy atom. The first kappa shape index (κ1) is 22.1. The highest BCUT2D eigenvalue weighted by atomic mass is 35.5. The number of aryl methyl sites for hydroxylation is 1. The minimum atomic E-state index is -0.0565. The van der Waals surface area contributed by atoms with Crippen molar-refractivity contribution >= 4 is 41.8 Å². The number of carbonyl (C=O) groups is 1. The highest BCUT2D eigenvalue weighted by Crippen LogP contribution is 2.25. The van der Waals surface area contributed by atoms with Crippen LogP contribution in [-0.4, -0.2) is 39.8 Å². The summed E-state index contributed by atoms with van der Waals surface area (Å²) in [7, 11) is 0. The lowest BCUT2D eigenvalue weighted by Crippen LogP contribution is -2.45. The quantitative estimate of drug-likeness (QED) is 0.676. The fourth-order valence-corrected chi connectivity index (χ4v) is 3.46. The van der Waals surface area contributed by atoms with Gasteiger partial charge in [-0.25, -0.2) is 9.67 Å². The summed E-state index contributed by atoms with van der Waals surface area (Å²) < 4.78 is 1.83. The molecule has 28 heavy (non-hydrogen) atoms. The van der Waals surface area contributed by atoms with Gasteiger partial charge >= 0.3 is 0 Å². The molecule has 0 bridgehead atoms. The van der Waals surface area contributed by atoms with Crippen molar-refractivity contribution in [2.75, 3.05) is 13.1 Å². The smallest absolute Gasteiger partial charge is 0.252 e. The van der Waals surface area contributed by atoms with Crippen molar-refractivity contribution in [1.82, 2.24) is 25.4 Å². The van der Waals surface area contributed by atoms with E-state index in [0.717, 1.165) is 48.2 Å². The second-order valence-electron chi connectivity index (χ2n) is 6.64. The number of halogens is 2. The predicted octanol–water partition coefficient (Wildman–Crippen LogP) is 3.44. The average molecular weight is 422 g/mol. The lowest BCUT2D eigenvalue weighted by atomic mass is 10.0. The number of hydrogen-bond donors (Lipinski definition) is 2. The number of carbonyl (C=O) groups excluding carboxylic acids is 1. The van der Waals surface area contributed by atoms with Crippen LogP contribution < -0.4 is 10.6 Å². The number of nitrogens with zero attached hydrogens (tertiary/aromatic N) is 3. The molecule has 4 rings (SSSR count). The summed E-state index contributed by atoms with van der Waals surface area (Å²) in [5.41, 5.74) is 3.17. The average Bonchev–Trinajstić information content (AvgIpc) is 3.11. The van der Waals surface area contributed by atoms with E-state index in [0.29, 0.717) is 12.1 Å². The van der Waals surface area contributed by atoms with E-state index in [1.54, 1.807) is 6.20 Å². The summed E-state index contributed by atoms with van der Waals surface area (Å²) in [6.45, 7) is 4.58. The van der Waals surface area contributed by atoms with Crippen LogP contribution >= 0.6 is 24.8 Å². The standard InChI is InChI=1S/C20H23N5O.2ClH/c1-2-25-19-17(13-22-25)16(20(26)23-15-9-6-10-21-12-15)11-18(24-19)14-7-4-3-5-8-14;;/h3-5,7-8,11,13,15,21H,2,6,9-10,12H2,1H3,(H,23,26);2*1H/t15-;;/m0../s1. The monoisotopic (exact) mass is 421 g/mol. The van der Waals surface area contributed by atoms with Crippen molar-refractivity contribution in [2.24, 2.45) is 0 Å². The van der Waals surface area contributed by atoms with Gasteiger partial charge in [-0.05, 0) is 32.4 Å². The van der Waals surface area contributed by atoms with Gasteiger partial charge in [0.05, 0.1) is 22.8 Å². The van der Waals surface area contributed by atoms with Crippen molar-refractivity contribution < 1.29 is 4.79 Å². The SMILES string of the molecule is CCn1ncc2c(C(=O)N[C@H]3CCCNC3)cc(-c3ccccc3)nc21.Cl.Cl. The van der Waals surface area contributed by atoms with Crippen molar-refractivity contribution in [1.29, 1.82) is 0 Å². The Kier molecular flexibility index (Phi) is 7.80. The van der Waals surface area contributed by atoms with Crippen LogP contribution in [0.15, 0.2) is 42.6 Å². The number of fused-ring (bicyclic) bond motifs is 1. The third kappa shape index (κ3) is 4.46. The van der Waals surface area contributed by atoms with Gasteiger partial charge in [0.1, 0.15) is 0 Å². The fraction of sp³-hybridized carbons (Fsp3) is 0.350. The number of aromatic nitrogens is 3. The van der Waals surface area contributed by atoms with Gasteiger partial charge in [-0.2, -0.15) is 5.10 Å². The van der Waals surface area contributed by atoms with E-state index >= 15 is 0 Å². The zero-order chi connectivity index (χ0) is 17.9. The molecule has 1 fully saturated rings. The number of benzene rings is 1. The highest BCUT2D eigenvalue weighted by Gasteiger charge is 2.21. The summed E-state index contributed by atoms with van der Waals surface area (Å²) in [6, 6.07) is 12.0. The Balaban J connectivity index is 0.00000140. The van der Waals surface area contributed by atoms with Gasteiger partial charge in [0, 0.05) is 24.7 Å². The third-order valence-electron chi connectivity index (χ3n) is 4.86. The molecule has 0 unspecified atom stereocenters. The van der Waals surface area contributed by atoms with Crippen molar-refractivity contribution in [2.45, 2.75) is 32.4 Å². The molecule has 1 atom stereocenters. The van der Waals surface area contributed by atoms with Crippen LogP contribution in [0.25, 0.3) is 22.3 Å². The van der Waals surface area contributed by atoms with Crippen LogP contribution in [0.5, 0.6) is 0 Å². The van der Waals surface area contributed by atoms with Gasteiger partial charge in [0.25, 0.3) is 5.91 Å². The van der Waals surface area contributed by atoms with Crippen LogP contribution in [0, 0.1) is 0 Å². The molecule has 6 nitrogen and oxygen atoms in total. The number of rotatable bonds is 4. The summed E-state index contributed by atoms with van der Waals surface area (Å²) in [5.74, 6) is -0.0565. The van der Waals surface area contributed by atoms with Crippen molar-refractivity contribution in [3.8, 4) is 11.3 Å². The van der Waals surface area contributed by atoms with E-state index in [9.17, 15) is 4.79 Å². The molecule has 150 valence electrons. The molecule has 2 aromatic heterocycles. The van der Waals surface area contributed by atoms with E-state index in [-0.39, 0.29) is 36.8 Å². The number of hydrogen-bond acceptors (Lipinski definition) is 4. The maximum atomic E-state index is 13.0. The molecule has 1 aromatic carbocycles. The molecule has 1 aliphatic heterocycles. The molecular formula is C20H25Cl2N5O. The second-order valence-corrected chi connectivity index (χ2v) is 6.64. The summed E-state index contributed by atoms with van der Waals surface area (Å²) in [4.78, 5) is 17.8. The van der Waals surface area contributed by atoms with Crippen molar-refractivity contribution in [3.63, 3.8) is 0 Å². The molecular weight excluding hydrogens is 397 g/mol. The molecule has 3 aromatic rings. The zero-order valence-corrected chi connectivity index (χ0v) is 17.4. The van der Waals surface area contributed by atoms with E-state index in [2.05, 4.69) is 15.7 Å². The molecule has 1 amide bonds. The molecule has 3 heterocycles. The summed E-state index contributed by atoms with van der Waals surface area (Å²) in [6.07, 6.45) is 3.83. The minimum Gasteiger partial charge on any atom is -0.348 e. The van der Waals surface area contributed by atoms with Crippen molar-refractivity contribution in [3.05, 3.63) is 48.2 Å². The third-order valence-corrected chi connectivity index (χ3v) is 4.86. The van der Waals surface area contributed by atoms with E-state index in [1.807, 2.05) is 48.0 Å². The minimum absolute atomic E-state index is 0. The Labute approximate surface area is 176 Å². The molecule has 1 aliphatic rings. The fourth-order valence-electron chi connectivity index (χ4n) is 3.46. The van der Waals surface area contributed by atoms with Gasteiger partial charge in [-0.1, -0.05) is 30.3 Å². The molecule has 2 N–H and O–H groups in total. The first-order valence-electron chi connectivity index (χ1n) is 9.20. The Morgan fingerprint density at radius 3 is 2.75 bits per heavy atom.